The van der Waals surface area contributed by atoms with E-state index in [1.807, 2.05) is 0 Å². The van der Waals surface area contributed by atoms with Crippen LogP contribution >= 0.6 is 15.9 Å². The van der Waals surface area contributed by atoms with Crippen LogP contribution < -0.4 is 0 Å². The first-order valence-electron chi connectivity index (χ1n) is 5.42. The van der Waals surface area contributed by atoms with E-state index in [1.54, 1.807) is 17.9 Å². The Bertz CT molecular complexity index is 444. The molecule has 0 unspecified atom stereocenters. The second-order valence-electron chi connectivity index (χ2n) is 3.99. The van der Waals surface area contributed by atoms with E-state index in [9.17, 15) is 9.18 Å². The molecule has 1 aromatic rings. The molecular weight excluding hydrogens is 289 g/mol. The maximum atomic E-state index is 13.7. The van der Waals surface area contributed by atoms with Crippen LogP contribution in [-0.2, 0) is 4.74 Å². The molecule has 1 heterocycles. The zero-order valence-corrected chi connectivity index (χ0v) is 11.1. The summed E-state index contributed by atoms with van der Waals surface area (Å²) in [6, 6.07) is 2.92. The second kappa shape index (κ2) is 5.14. The van der Waals surface area contributed by atoms with Crippen molar-refractivity contribution in [2.24, 2.45) is 0 Å². The van der Waals surface area contributed by atoms with E-state index in [0.717, 1.165) is 10.0 Å². The summed E-state index contributed by atoms with van der Waals surface area (Å²) in [5.41, 5.74) is 0.894. The molecular formula is C12H13BrFNO2. The molecule has 0 aliphatic carbocycles. The van der Waals surface area contributed by atoms with Crippen LogP contribution in [-0.4, -0.2) is 37.1 Å². The Morgan fingerprint density at radius 1 is 1.41 bits per heavy atom. The van der Waals surface area contributed by atoms with Crippen molar-refractivity contribution in [3.63, 3.8) is 0 Å². The summed E-state index contributed by atoms with van der Waals surface area (Å²) in [4.78, 5) is 13.7. The van der Waals surface area contributed by atoms with Gasteiger partial charge in [0.15, 0.2) is 0 Å². The van der Waals surface area contributed by atoms with Gasteiger partial charge in [-0.15, -0.1) is 0 Å². The summed E-state index contributed by atoms with van der Waals surface area (Å²) < 4.78 is 19.6. The Labute approximate surface area is 108 Å². The molecule has 17 heavy (non-hydrogen) atoms. The van der Waals surface area contributed by atoms with Crippen molar-refractivity contribution in [3.8, 4) is 0 Å². The van der Waals surface area contributed by atoms with Gasteiger partial charge in [0.2, 0.25) is 0 Å². The highest BCUT2D eigenvalue weighted by Crippen LogP contribution is 2.22. The average Bonchev–Trinajstić information content (AvgIpc) is 2.34. The van der Waals surface area contributed by atoms with E-state index in [2.05, 4.69) is 15.9 Å². The molecule has 1 aromatic carbocycles. The maximum absolute atomic E-state index is 13.7. The molecule has 0 saturated carbocycles. The highest BCUT2D eigenvalue weighted by atomic mass is 79.9. The lowest BCUT2D eigenvalue weighted by atomic mass is 10.1. The lowest BCUT2D eigenvalue weighted by Gasteiger charge is -2.27. The third-order valence-electron chi connectivity index (χ3n) is 2.78. The third kappa shape index (κ3) is 2.66. The van der Waals surface area contributed by atoms with Gasteiger partial charge in [-0.2, -0.15) is 0 Å². The Balaban J connectivity index is 2.26. The van der Waals surface area contributed by atoms with Crippen molar-refractivity contribution in [2.75, 3.05) is 26.3 Å². The van der Waals surface area contributed by atoms with Gasteiger partial charge in [0.05, 0.1) is 18.8 Å². The molecule has 2 rings (SSSR count). The van der Waals surface area contributed by atoms with Gasteiger partial charge >= 0.3 is 0 Å². The molecule has 0 spiro atoms. The summed E-state index contributed by atoms with van der Waals surface area (Å²) in [5.74, 6) is -0.742. The summed E-state index contributed by atoms with van der Waals surface area (Å²) in [5, 5.41) is 0. The van der Waals surface area contributed by atoms with Gasteiger partial charge in [-0.05, 0) is 24.6 Å². The van der Waals surface area contributed by atoms with Crippen molar-refractivity contribution in [1.29, 1.82) is 0 Å². The van der Waals surface area contributed by atoms with Crippen LogP contribution in [0.15, 0.2) is 16.6 Å². The van der Waals surface area contributed by atoms with Gasteiger partial charge < -0.3 is 9.64 Å². The van der Waals surface area contributed by atoms with Crippen LogP contribution in [0.4, 0.5) is 4.39 Å². The molecule has 0 atom stereocenters. The standard InChI is InChI=1S/C12H13BrFNO2/c1-8-6-11(14)9(7-10(8)13)12(16)15-2-4-17-5-3-15/h6-7H,2-5H2,1H3. The Hall–Kier alpha value is -0.940. The smallest absolute Gasteiger partial charge is 0.257 e. The van der Waals surface area contributed by atoms with Crippen molar-refractivity contribution in [1.82, 2.24) is 4.90 Å². The van der Waals surface area contributed by atoms with E-state index < -0.39 is 5.82 Å². The van der Waals surface area contributed by atoms with E-state index in [0.29, 0.717) is 26.3 Å². The Morgan fingerprint density at radius 3 is 2.71 bits per heavy atom. The zero-order valence-electron chi connectivity index (χ0n) is 9.50. The van der Waals surface area contributed by atoms with Crippen molar-refractivity contribution in [3.05, 3.63) is 33.5 Å². The number of amides is 1. The molecule has 1 fully saturated rings. The monoisotopic (exact) mass is 301 g/mol. The minimum atomic E-state index is -0.470. The summed E-state index contributed by atoms with van der Waals surface area (Å²) in [7, 11) is 0. The molecule has 1 amide bonds. The molecule has 1 aliphatic rings. The van der Waals surface area contributed by atoms with Crippen LogP contribution in [0.2, 0.25) is 0 Å². The van der Waals surface area contributed by atoms with Crippen LogP contribution in [0, 0.1) is 12.7 Å². The SMILES string of the molecule is Cc1cc(F)c(C(=O)N2CCOCC2)cc1Br. The zero-order chi connectivity index (χ0) is 12.4. The number of aryl methyl sites for hydroxylation is 1. The predicted molar refractivity (Wildman–Crippen MR) is 65.6 cm³/mol. The normalized spacial score (nSPS) is 16.1. The molecule has 0 aromatic heterocycles. The van der Waals surface area contributed by atoms with E-state index in [1.165, 1.54) is 6.07 Å². The molecule has 0 radical (unpaired) electrons. The third-order valence-corrected chi connectivity index (χ3v) is 3.63. The number of hydrogen-bond donors (Lipinski definition) is 0. The lowest BCUT2D eigenvalue weighted by molar-refractivity contribution is 0.0300. The molecule has 92 valence electrons. The summed E-state index contributed by atoms with van der Waals surface area (Å²) in [6.07, 6.45) is 0. The number of morpholine rings is 1. The maximum Gasteiger partial charge on any atom is 0.257 e. The van der Waals surface area contributed by atoms with Gasteiger partial charge in [0, 0.05) is 17.6 Å². The van der Waals surface area contributed by atoms with Crippen molar-refractivity contribution >= 4 is 21.8 Å². The van der Waals surface area contributed by atoms with E-state index in [4.69, 9.17) is 4.74 Å². The minimum absolute atomic E-state index is 0.115. The highest BCUT2D eigenvalue weighted by molar-refractivity contribution is 9.10. The number of rotatable bonds is 1. The average molecular weight is 302 g/mol. The van der Waals surface area contributed by atoms with Gasteiger partial charge in [-0.1, -0.05) is 15.9 Å². The fraction of sp³-hybridized carbons (Fsp3) is 0.417. The first-order chi connectivity index (χ1) is 8.09. The minimum Gasteiger partial charge on any atom is -0.378 e. The van der Waals surface area contributed by atoms with Crippen LogP contribution in [0.25, 0.3) is 0 Å². The first-order valence-corrected chi connectivity index (χ1v) is 6.21. The fourth-order valence-electron chi connectivity index (χ4n) is 1.75. The number of benzene rings is 1. The second-order valence-corrected chi connectivity index (χ2v) is 4.84. The number of hydrogen-bond acceptors (Lipinski definition) is 2. The summed E-state index contributed by atoms with van der Waals surface area (Å²) >= 11 is 3.31. The van der Waals surface area contributed by atoms with Gasteiger partial charge in [-0.25, -0.2) is 4.39 Å². The van der Waals surface area contributed by atoms with Crippen LogP contribution in [0.3, 0.4) is 0 Å². The van der Waals surface area contributed by atoms with Crippen LogP contribution in [0.5, 0.6) is 0 Å². The Morgan fingerprint density at radius 2 is 2.06 bits per heavy atom. The number of ether oxygens (including phenoxy) is 1. The fourth-order valence-corrected chi connectivity index (χ4v) is 2.09. The van der Waals surface area contributed by atoms with Crippen molar-refractivity contribution in [2.45, 2.75) is 6.92 Å². The Kier molecular flexibility index (Phi) is 3.79. The van der Waals surface area contributed by atoms with E-state index >= 15 is 0 Å². The largest absolute Gasteiger partial charge is 0.378 e. The quantitative estimate of drug-likeness (QED) is 0.797. The molecule has 0 bridgehead atoms. The highest BCUT2D eigenvalue weighted by Gasteiger charge is 2.22. The molecule has 0 N–H and O–H groups in total. The summed E-state index contributed by atoms with van der Waals surface area (Å²) in [6.45, 7) is 3.85. The van der Waals surface area contributed by atoms with Crippen LogP contribution in [0.1, 0.15) is 15.9 Å². The molecule has 5 heteroatoms. The van der Waals surface area contributed by atoms with Gasteiger partial charge in [0.25, 0.3) is 5.91 Å². The molecule has 1 aliphatic heterocycles. The number of carbonyl (C=O) groups excluding carboxylic acids is 1. The predicted octanol–water partition coefficient (Wildman–Crippen LogP) is 2.37. The van der Waals surface area contributed by atoms with Gasteiger partial charge in [-0.3, -0.25) is 4.79 Å². The number of carbonyl (C=O) groups is 1. The molecule has 1 saturated heterocycles. The van der Waals surface area contributed by atoms with E-state index in [-0.39, 0.29) is 11.5 Å². The topological polar surface area (TPSA) is 29.5 Å². The first kappa shape index (κ1) is 12.5. The van der Waals surface area contributed by atoms with Gasteiger partial charge in [0.1, 0.15) is 5.82 Å². The number of nitrogens with zero attached hydrogens (tertiary/aromatic N) is 1. The molecule has 3 nitrogen and oxygen atoms in total. The number of halogens is 2. The lowest BCUT2D eigenvalue weighted by Crippen LogP contribution is -2.41. The van der Waals surface area contributed by atoms with Crippen molar-refractivity contribution < 1.29 is 13.9 Å².